The molecule has 0 aliphatic heterocycles. The number of hydrogen-bond acceptors (Lipinski definition) is 8. The third kappa shape index (κ3) is 4.60. The second kappa shape index (κ2) is 9.28. The number of hydrogen-bond donors (Lipinski definition) is 1. The Hall–Kier alpha value is -3.27. The number of thioether (sulfide) groups is 1. The van der Waals surface area contributed by atoms with Crippen LogP contribution in [0.5, 0.6) is 17.2 Å². The van der Waals surface area contributed by atoms with Crippen molar-refractivity contribution in [1.82, 2.24) is 19.7 Å². The van der Waals surface area contributed by atoms with Gasteiger partial charge >= 0.3 is 0 Å². The lowest BCUT2D eigenvalue weighted by Gasteiger charge is -2.14. The Morgan fingerprint density at radius 2 is 1.86 bits per heavy atom. The lowest BCUT2D eigenvalue weighted by atomic mass is 10.2. The number of aromatic nitrogens is 4. The molecule has 0 aliphatic carbocycles. The molecule has 3 rings (SSSR count). The first-order valence-corrected chi connectivity index (χ1v) is 9.58. The van der Waals surface area contributed by atoms with E-state index in [4.69, 9.17) is 14.2 Å². The molecule has 0 aliphatic rings. The quantitative estimate of drug-likeness (QED) is 0.561. The lowest BCUT2D eigenvalue weighted by molar-refractivity contribution is -0.113. The van der Waals surface area contributed by atoms with Crippen molar-refractivity contribution < 1.29 is 19.0 Å². The standard InChI is InChI=1S/C19H21N5O4S/c1-24-18(12-6-5-7-20-10-12)22-23-19(24)29-11-16(25)21-13-8-14(26-2)17(28-4)15(9-13)27-3/h5-10H,11H2,1-4H3,(H,21,25). The average molecular weight is 415 g/mol. The molecule has 3 aromatic rings. The molecule has 1 aromatic carbocycles. The number of rotatable bonds is 8. The number of ether oxygens (including phenoxy) is 3. The third-order valence-electron chi connectivity index (χ3n) is 4.04. The highest BCUT2D eigenvalue weighted by Gasteiger charge is 2.16. The van der Waals surface area contributed by atoms with Crippen molar-refractivity contribution in [1.29, 1.82) is 0 Å². The molecule has 0 radical (unpaired) electrons. The Morgan fingerprint density at radius 3 is 2.45 bits per heavy atom. The van der Waals surface area contributed by atoms with Crippen molar-refractivity contribution in [3.8, 4) is 28.6 Å². The van der Waals surface area contributed by atoms with Gasteiger partial charge in [0.05, 0.1) is 27.1 Å². The molecule has 10 heteroatoms. The SMILES string of the molecule is COc1cc(NC(=O)CSc2nnc(-c3cccnc3)n2C)cc(OC)c1OC. The number of pyridine rings is 1. The molecule has 0 atom stereocenters. The molecule has 0 spiro atoms. The molecule has 152 valence electrons. The van der Waals surface area contributed by atoms with Crippen LogP contribution >= 0.6 is 11.8 Å². The van der Waals surface area contributed by atoms with Gasteiger partial charge in [0.1, 0.15) is 0 Å². The van der Waals surface area contributed by atoms with Crippen LogP contribution in [0.15, 0.2) is 41.8 Å². The molecule has 2 heterocycles. The van der Waals surface area contributed by atoms with Crippen LogP contribution < -0.4 is 19.5 Å². The summed E-state index contributed by atoms with van der Waals surface area (Å²) >= 11 is 1.29. The van der Waals surface area contributed by atoms with E-state index < -0.39 is 0 Å². The Balaban J connectivity index is 1.67. The number of benzene rings is 1. The zero-order valence-corrected chi connectivity index (χ0v) is 17.3. The first-order valence-electron chi connectivity index (χ1n) is 8.59. The van der Waals surface area contributed by atoms with Crippen molar-refractivity contribution in [3.05, 3.63) is 36.7 Å². The van der Waals surface area contributed by atoms with Crippen LogP contribution in [0, 0.1) is 0 Å². The van der Waals surface area contributed by atoms with Gasteiger partial charge in [-0.15, -0.1) is 10.2 Å². The minimum atomic E-state index is -0.199. The van der Waals surface area contributed by atoms with Crippen molar-refractivity contribution in [2.45, 2.75) is 5.16 Å². The van der Waals surface area contributed by atoms with Gasteiger partial charge in [0.25, 0.3) is 0 Å². The summed E-state index contributed by atoms with van der Waals surface area (Å²) in [5, 5.41) is 11.8. The van der Waals surface area contributed by atoms with Gasteiger partial charge in [-0.1, -0.05) is 11.8 Å². The van der Waals surface area contributed by atoms with Crippen LogP contribution in [0.4, 0.5) is 5.69 Å². The predicted octanol–water partition coefficient (Wildman–Crippen LogP) is 2.63. The summed E-state index contributed by atoms with van der Waals surface area (Å²) in [5.41, 5.74) is 1.40. The first kappa shape index (κ1) is 20.5. The molecule has 0 saturated heterocycles. The summed E-state index contributed by atoms with van der Waals surface area (Å²) in [6.45, 7) is 0. The summed E-state index contributed by atoms with van der Waals surface area (Å²) in [7, 11) is 6.41. The average Bonchev–Trinajstić information content (AvgIpc) is 3.12. The minimum absolute atomic E-state index is 0.162. The minimum Gasteiger partial charge on any atom is -0.493 e. The number of methoxy groups -OCH3 is 3. The summed E-state index contributed by atoms with van der Waals surface area (Å²) in [6, 6.07) is 7.09. The Bertz CT molecular complexity index is 969. The Labute approximate surface area is 172 Å². The third-order valence-corrected chi connectivity index (χ3v) is 5.06. The molecule has 9 nitrogen and oxygen atoms in total. The lowest BCUT2D eigenvalue weighted by Crippen LogP contribution is -2.14. The van der Waals surface area contributed by atoms with Crippen LogP contribution in [-0.4, -0.2) is 52.7 Å². The van der Waals surface area contributed by atoms with E-state index >= 15 is 0 Å². The highest BCUT2D eigenvalue weighted by atomic mass is 32.2. The zero-order chi connectivity index (χ0) is 20.8. The number of nitrogens with zero attached hydrogens (tertiary/aromatic N) is 4. The second-order valence-corrected chi connectivity index (χ2v) is 6.80. The van der Waals surface area contributed by atoms with E-state index in [1.54, 1.807) is 24.5 Å². The van der Waals surface area contributed by atoms with Gasteiger partial charge in [-0.25, -0.2) is 0 Å². The molecule has 0 bridgehead atoms. The van der Waals surface area contributed by atoms with Crippen molar-refractivity contribution >= 4 is 23.4 Å². The number of nitrogens with one attached hydrogen (secondary N) is 1. The van der Waals surface area contributed by atoms with E-state index in [1.807, 2.05) is 23.7 Å². The van der Waals surface area contributed by atoms with Gasteiger partial charge in [-0.2, -0.15) is 0 Å². The topological polar surface area (TPSA) is 100 Å². The number of carbonyl (C=O) groups is 1. The van der Waals surface area contributed by atoms with Crippen LogP contribution in [0.25, 0.3) is 11.4 Å². The normalized spacial score (nSPS) is 10.5. The molecule has 1 amide bonds. The summed E-state index contributed by atoms with van der Waals surface area (Å²) in [4.78, 5) is 16.5. The molecule has 1 N–H and O–H groups in total. The largest absolute Gasteiger partial charge is 0.493 e. The van der Waals surface area contributed by atoms with Gasteiger partial charge in [0, 0.05) is 42.8 Å². The summed E-state index contributed by atoms with van der Waals surface area (Å²) in [6.07, 6.45) is 3.42. The maximum absolute atomic E-state index is 12.4. The monoisotopic (exact) mass is 415 g/mol. The van der Waals surface area contributed by atoms with Crippen LogP contribution in [0.2, 0.25) is 0 Å². The fourth-order valence-corrected chi connectivity index (χ4v) is 3.38. The van der Waals surface area contributed by atoms with Crippen molar-refractivity contribution in [2.24, 2.45) is 7.05 Å². The summed E-state index contributed by atoms with van der Waals surface area (Å²) < 4.78 is 17.7. The smallest absolute Gasteiger partial charge is 0.234 e. The molecular weight excluding hydrogens is 394 g/mol. The van der Waals surface area contributed by atoms with Gasteiger partial charge in [-0.3, -0.25) is 9.78 Å². The first-order chi connectivity index (χ1) is 14.1. The van der Waals surface area contributed by atoms with Gasteiger partial charge in [0.15, 0.2) is 22.5 Å². The van der Waals surface area contributed by atoms with Crippen LogP contribution in [-0.2, 0) is 11.8 Å². The van der Waals surface area contributed by atoms with E-state index in [-0.39, 0.29) is 11.7 Å². The van der Waals surface area contributed by atoms with E-state index in [0.29, 0.717) is 33.9 Å². The molecular formula is C19H21N5O4S. The van der Waals surface area contributed by atoms with E-state index in [9.17, 15) is 4.79 Å². The van der Waals surface area contributed by atoms with E-state index in [1.165, 1.54) is 33.1 Å². The molecule has 29 heavy (non-hydrogen) atoms. The fourth-order valence-electron chi connectivity index (χ4n) is 2.67. The summed E-state index contributed by atoms with van der Waals surface area (Å²) in [5.74, 6) is 2.04. The van der Waals surface area contributed by atoms with Crippen molar-refractivity contribution in [2.75, 3.05) is 32.4 Å². The highest BCUT2D eigenvalue weighted by Crippen LogP contribution is 2.40. The fraction of sp³-hybridized carbons (Fsp3) is 0.263. The number of amides is 1. The van der Waals surface area contributed by atoms with Gasteiger partial charge in [-0.05, 0) is 12.1 Å². The predicted molar refractivity (Wildman–Crippen MR) is 110 cm³/mol. The highest BCUT2D eigenvalue weighted by molar-refractivity contribution is 7.99. The number of carbonyl (C=O) groups excluding carboxylic acids is 1. The number of anilines is 1. The maximum Gasteiger partial charge on any atom is 0.234 e. The molecule has 0 saturated carbocycles. The van der Waals surface area contributed by atoms with Crippen LogP contribution in [0.1, 0.15) is 0 Å². The van der Waals surface area contributed by atoms with Gasteiger partial charge in [0.2, 0.25) is 11.7 Å². The van der Waals surface area contributed by atoms with E-state index in [0.717, 1.165) is 5.56 Å². The van der Waals surface area contributed by atoms with Crippen LogP contribution in [0.3, 0.4) is 0 Å². The molecule has 0 fully saturated rings. The molecule has 0 unspecified atom stereocenters. The zero-order valence-electron chi connectivity index (χ0n) is 16.5. The molecule has 2 aromatic heterocycles. The second-order valence-electron chi connectivity index (χ2n) is 5.86. The van der Waals surface area contributed by atoms with E-state index in [2.05, 4.69) is 20.5 Å². The Morgan fingerprint density at radius 1 is 1.14 bits per heavy atom. The maximum atomic E-state index is 12.4. The van der Waals surface area contributed by atoms with Gasteiger partial charge < -0.3 is 24.1 Å². The van der Waals surface area contributed by atoms with Crippen molar-refractivity contribution in [3.63, 3.8) is 0 Å². The Kier molecular flexibility index (Phi) is 6.55.